The first kappa shape index (κ1) is 15.8. The van der Waals surface area contributed by atoms with Gasteiger partial charge in [-0.15, -0.1) is 0 Å². The Morgan fingerprint density at radius 1 is 1.12 bits per heavy atom. The van der Waals surface area contributed by atoms with Crippen molar-refractivity contribution < 1.29 is 14.3 Å². The molecule has 2 aliphatic heterocycles. The predicted octanol–water partition coefficient (Wildman–Crippen LogP) is 2.81. The van der Waals surface area contributed by atoms with Crippen LogP contribution in [0.25, 0.3) is 0 Å². The van der Waals surface area contributed by atoms with Gasteiger partial charge in [-0.05, 0) is 30.2 Å². The Labute approximate surface area is 146 Å². The summed E-state index contributed by atoms with van der Waals surface area (Å²) in [6, 6.07) is 18.2. The molecule has 0 aromatic heterocycles. The van der Waals surface area contributed by atoms with Gasteiger partial charge in [0.1, 0.15) is 5.75 Å². The number of fused-ring (bicyclic) bond motifs is 1. The molecule has 2 heterocycles. The van der Waals surface area contributed by atoms with Gasteiger partial charge < -0.3 is 9.47 Å². The van der Waals surface area contributed by atoms with E-state index in [4.69, 9.17) is 9.47 Å². The van der Waals surface area contributed by atoms with Crippen LogP contribution in [-0.4, -0.2) is 42.5 Å². The van der Waals surface area contributed by atoms with Crippen molar-refractivity contribution in [3.05, 3.63) is 65.7 Å². The van der Waals surface area contributed by atoms with Crippen LogP contribution in [0.2, 0.25) is 0 Å². The molecule has 0 amide bonds. The van der Waals surface area contributed by atoms with Crippen LogP contribution in [0.3, 0.4) is 0 Å². The fraction of sp³-hybridized carbons (Fsp3) is 0.300. The minimum Gasteiger partial charge on any atom is -0.497 e. The van der Waals surface area contributed by atoms with Gasteiger partial charge in [-0.3, -0.25) is 9.89 Å². The molecule has 1 saturated heterocycles. The summed E-state index contributed by atoms with van der Waals surface area (Å²) in [5, 5.41) is 0. The number of hydrogen-bond donors (Lipinski definition) is 0. The van der Waals surface area contributed by atoms with E-state index in [1.54, 1.807) is 7.11 Å². The largest absolute Gasteiger partial charge is 0.497 e. The molecule has 5 nitrogen and oxygen atoms in total. The molecule has 4 unspecified atom stereocenters. The third-order valence-corrected chi connectivity index (χ3v) is 4.68. The van der Waals surface area contributed by atoms with Crippen LogP contribution >= 0.6 is 0 Å². The number of ether oxygens (including phenoxy) is 2. The number of carbonyl (C=O) groups is 1. The maximum Gasteiger partial charge on any atom is 0.346 e. The number of hydrogen-bond acceptors (Lipinski definition) is 5. The van der Waals surface area contributed by atoms with Crippen LogP contribution < -0.4 is 4.74 Å². The second-order valence-corrected chi connectivity index (χ2v) is 6.12. The quantitative estimate of drug-likeness (QED) is 0.622. The van der Waals surface area contributed by atoms with Gasteiger partial charge in [0.05, 0.1) is 31.5 Å². The summed E-state index contributed by atoms with van der Waals surface area (Å²) in [7, 11) is 1.66. The van der Waals surface area contributed by atoms with E-state index in [0.717, 1.165) is 22.6 Å². The summed E-state index contributed by atoms with van der Waals surface area (Å²) in [5.74, 6) is 0.526. The zero-order valence-corrected chi connectivity index (χ0v) is 14.3. The van der Waals surface area contributed by atoms with Gasteiger partial charge in [0, 0.05) is 0 Å². The number of carbonyl (C=O) groups excluding carboxylic acids is 1. The van der Waals surface area contributed by atoms with Gasteiger partial charge >= 0.3 is 5.97 Å². The third-order valence-electron chi connectivity index (χ3n) is 4.68. The Hall–Kier alpha value is -2.66. The number of methoxy groups -OCH3 is 1. The van der Waals surface area contributed by atoms with Gasteiger partial charge in [0.25, 0.3) is 0 Å². The Kier molecular flexibility index (Phi) is 4.01. The maximum atomic E-state index is 12.4. The molecule has 0 bridgehead atoms. The minimum atomic E-state index is -0.573. The topological polar surface area (TPSA) is 50.9 Å². The fourth-order valence-corrected chi connectivity index (χ4v) is 3.54. The highest BCUT2D eigenvalue weighted by Gasteiger charge is 2.61. The van der Waals surface area contributed by atoms with E-state index in [9.17, 15) is 4.79 Å². The number of esters is 1. The standard InChI is InChI=1S/C20H20N2O3/c1-3-25-20(23)19-21-16(13-8-5-4-6-9-13)18-17(22(18)19)14-10-7-11-15(12-14)24-2/h4-12,17-19H,3H2,1-2H3. The van der Waals surface area contributed by atoms with Crippen molar-refractivity contribution in [2.24, 2.45) is 4.99 Å². The highest BCUT2D eigenvalue weighted by molar-refractivity contribution is 6.10. The lowest BCUT2D eigenvalue weighted by atomic mass is 10.0. The van der Waals surface area contributed by atoms with E-state index in [2.05, 4.69) is 16.0 Å². The van der Waals surface area contributed by atoms with Crippen LogP contribution in [0.4, 0.5) is 0 Å². The van der Waals surface area contributed by atoms with Crippen molar-refractivity contribution in [1.82, 2.24) is 4.90 Å². The number of aliphatic imine (C=N–C) groups is 1. The Balaban J connectivity index is 1.69. The van der Waals surface area contributed by atoms with Crippen molar-refractivity contribution in [2.75, 3.05) is 13.7 Å². The Bertz CT molecular complexity index is 819. The monoisotopic (exact) mass is 336 g/mol. The first-order valence-corrected chi connectivity index (χ1v) is 8.45. The van der Waals surface area contributed by atoms with Crippen molar-refractivity contribution >= 4 is 11.7 Å². The predicted molar refractivity (Wildman–Crippen MR) is 94.8 cm³/mol. The molecule has 5 heteroatoms. The first-order chi connectivity index (χ1) is 12.2. The molecule has 2 aromatic carbocycles. The molecular formula is C20H20N2O3. The molecule has 4 atom stereocenters. The maximum absolute atomic E-state index is 12.4. The van der Waals surface area contributed by atoms with Gasteiger partial charge in [-0.25, -0.2) is 4.79 Å². The SMILES string of the molecule is CCOC(=O)C1N=C(c2ccccc2)C2C(c3cccc(OC)c3)N12. The molecule has 1 fully saturated rings. The second kappa shape index (κ2) is 6.33. The van der Waals surface area contributed by atoms with E-state index in [1.807, 2.05) is 55.5 Å². The Morgan fingerprint density at radius 2 is 1.92 bits per heavy atom. The molecule has 0 saturated carbocycles. The molecule has 0 radical (unpaired) electrons. The van der Waals surface area contributed by atoms with Crippen LogP contribution in [0, 0.1) is 0 Å². The van der Waals surface area contributed by atoms with Crippen LogP contribution in [0.1, 0.15) is 24.1 Å². The van der Waals surface area contributed by atoms with Crippen molar-refractivity contribution in [3.8, 4) is 5.75 Å². The zero-order chi connectivity index (χ0) is 17.4. The summed E-state index contributed by atoms with van der Waals surface area (Å²) in [5.41, 5.74) is 3.13. The lowest BCUT2D eigenvalue weighted by Crippen LogP contribution is -2.28. The molecule has 4 rings (SSSR count). The second-order valence-electron chi connectivity index (χ2n) is 6.12. The molecule has 25 heavy (non-hydrogen) atoms. The Morgan fingerprint density at radius 3 is 2.64 bits per heavy atom. The molecular weight excluding hydrogens is 316 g/mol. The summed E-state index contributed by atoms with van der Waals surface area (Å²) < 4.78 is 10.6. The van der Waals surface area contributed by atoms with Gasteiger partial charge in [-0.1, -0.05) is 42.5 Å². The number of nitrogens with zero attached hydrogens (tertiary/aromatic N) is 2. The van der Waals surface area contributed by atoms with Crippen LogP contribution in [0.5, 0.6) is 5.75 Å². The average molecular weight is 336 g/mol. The van der Waals surface area contributed by atoms with Gasteiger partial charge in [-0.2, -0.15) is 0 Å². The molecule has 0 aliphatic carbocycles. The van der Waals surface area contributed by atoms with Crippen molar-refractivity contribution in [2.45, 2.75) is 25.2 Å². The molecule has 0 spiro atoms. The highest BCUT2D eigenvalue weighted by atomic mass is 16.5. The van der Waals surface area contributed by atoms with E-state index in [-0.39, 0.29) is 18.1 Å². The fourth-order valence-electron chi connectivity index (χ4n) is 3.54. The van der Waals surface area contributed by atoms with Crippen molar-refractivity contribution in [1.29, 1.82) is 0 Å². The summed E-state index contributed by atoms with van der Waals surface area (Å²) in [4.78, 5) is 19.1. The molecule has 128 valence electrons. The first-order valence-electron chi connectivity index (χ1n) is 8.45. The highest BCUT2D eigenvalue weighted by Crippen LogP contribution is 2.51. The van der Waals surface area contributed by atoms with Crippen LogP contribution in [0.15, 0.2) is 59.6 Å². The molecule has 2 aromatic rings. The number of benzene rings is 2. The zero-order valence-electron chi connectivity index (χ0n) is 14.3. The average Bonchev–Trinajstić information content (AvgIpc) is 3.26. The summed E-state index contributed by atoms with van der Waals surface area (Å²) in [6.45, 7) is 2.17. The third kappa shape index (κ3) is 2.70. The van der Waals surface area contributed by atoms with Gasteiger partial charge in [0.15, 0.2) is 0 Å². The molecule has 0 N–H and O–H groups in total. The molecule has 2 aliphatic rings. The number of rotatable bonds is 5. The van der Waals surface area contributed by atoms with Gasteiger partial charge in [0.2, 0.25) is 6.17 Å². The smallest absolute Gasteiger partial charge is 0.346 e. The van der Waals surface area contributed by atoms with E-state index < -0.39 is 6.17 Å². The van der Waals surface area contributed by atoms with E-state index in [0.29, 0.717) is 6.61 Å². The lowest BCUT2D eigenvalue weighted by molar-refractivity contribution is -0.147. The van der Waals surface area contributed by atoms with Crippen molar-refractivity contribution in [3.63, 3.8) is 0 Å². The summed E-state index contributed by atoms with van der Waals surface area (Å²) in [6.07, 6.45) is -0.573. The van der Waals surface area contributed by atoms with Crippen LogP contribution in [-0.2, 0) is 9.53 Å². The normalized spacial score (nSPS) is 26.6. The minimum absolute atomic E-state index is 0.101. The van der Waals surface area contributed by atoms with E-state index in [1.165, 1.54) is 0 Å². The summed E-state index contributed by atoms with van der Waals surface area (Å²) >= 11 is 0. The van der Waals surface area contributed by atoms with E-state index >= 15 is 0 Å². The lowest BCUT2D eigenvalue weighted by Gasteiger charge is -2.13.